The van der Waals surface area contributed by atoms with Gasteiger partial charge in [0.05, 0.1) is 0 Å². The third-order valence-corrected chi connectivity index (χ3v) is 5.12. The van der Waals surface area contributed by atoms with Crippen LogP contribution in [0.15, 0.2) is 76.1 Å². The van der Waals surface area contributed by atoms with Gasteiger partial charge in [-0.25, -0.2) is 0 Å². The van der Waals surface area contributed by atoms with E-state index >= 15 is 0 Å². The van der Waals surface area contributed by atoms with Gasteiger partial charge in [-0.15, -0.1) is 10.2 Å². The maximum absolute atomic E-state index is 12.9. The number of pyridine rings is 1. The van der Waals surface area contributed by atoms with Crippen molar-refractivity contribution in [2.45, 2.75) is 26.4 Å². The van der Waals surface area contributed by atoms with Crippen LogP contribution in [0.1, 0.15) is 22.5 Å². The van der Waals surface area contributed by atoms with Crippen LogP contribution in [0, 0.1) is 6.92 Å². The van der Waals surface area contributed by atoms with Crippen LogP contribution in [0.4, 0.5) is 0 Å². The molecule has 7 nitrogen and oxygen atoms in total. The molecule has 2 aromatic carbocycles. The molecular weight excluding hydrogens is 446 g/mol. The van der Waals surface area contributed by atoms with Gasteiger partial charge in [0, 0.05) is 16.2 Å². The second-order valence-electron chi connectivity index (χ2n) is 6.81. The van der Waals surface area contributed by atoms with Crippen molar-refractivity contribution in [3.8, 4) is 5.75 Å². The predicted octanol–water partition coefficient (Wildman–Crippen LogP) is 3.58. The summed E-state index contributed by atoms with van der Waals surface area (Å²) >= 11 is 3.53. The molecule has 0 spiro atoms. The molecule has 152 valence electrons. The summed E-state index contributed by atoms with van der Waals surface area (Å²) in [4.78, 5) is 14.1. The van der Waals surface area contributed by atoms with Crippen molar-refractivity contribution < 1.29 is 4.74 Å². The first-order valence-corrected chi connectivity index (χ1v) is 10.3. The zero-order valence-corrected chi connectivity index (χ0v) is 18.0. The van der Waals surface area contributed by atoms with Gasteiger partial charge in [-0.3, -0.25) is 4.79 Å². The quantitative estimate of drug-likeness (QED) is 0.416. The number of aryl methyl sites for hydroxylation is 3. The molecule has 0 saturated carbocycles. The van der Waals surface area contributed by atoms with Crippen molar-refractivity contribution in [1.82, 2.24) is 25.0 Å². The first kappa shape index (κ1) is 20.0. The van der Waals surface area contributed by atoms with Crippen LogP contribution in [-0.2, 0) is 19.4 Å². The number of benzene rings is 2. The molecule has 8 heteroatoms. The Labute approximate surface area is 182 Å². The average Bonchev–Trinajstić information content (AvgIpc) is 3.19. The summed E-state index contributed by atoms with van der Waals surface area (Å²) in [6, 6.07) is 19.6. The van der Waals surface area contributed by atoms with Gasteiger partial charge in [-0.05, 0) is 60.4 Å². The van der Waals surface area contributed by atoms with Crippen LogP contribution >= 0.6 is 15.9 Å². The third-order valence-electron chi connectivity index (χ3n) is 4.63. The Morgan fingerprint density at radius 2 is 1.80 bits per heavy atom. The van der Waals surface area contributed by atoms with Gasteiger partial charge in [0.2, 0.25) is 0 Å². The number of rotatable bonds is 7. The minimum absolute atomic E-state index is 0.170. The Bertz CT molecular complexity index is 1200. The van der Waals surface area contributed by atoms with E-state index in [2.05, 4.69) is 31.3 Å². The summed E-state index contributed by atoms with van der Waals surface area (Å²) in [5, 5.41) is 11.8. The number of hydrogen-bond donors (Lipinski definition) is 0. The molecule has 0 aliphatic carbocycles. The van der Waals surface area contributed by atoms with E-state index in [0.29, 0.717) is 30.8 Å². The van der Waals surface area contributed by atoms with Gasteiger partial charge in [0.1, 0.15) is 12.4 Å². The largest absolute Gasteiger partial charge is 0.489 e. The molecule has 0 radical (unpaired) electrons. The molecule has 2 heterocycles. The molecule has 0 bridgehead atoms. The number of hydrogen-bond acceptors (Lipinski definition) is 5. The van der Waals surface area contributed by atoms with Crippen LogP contribution in [0.25, 0.3) is 0 Å². The normalized spacial score (nSPS) is 10.9. The molecule has 0 aliphatic rings. The predicted molar refractivity (Wildman–Crippen MR) is 116 cm³/mol. The van der Waals surface area contributed by atoms with E-state index in [1.165, 1.54) is 9.58 Å². The van der Waals surface area contributed by atoms with Crippen molar-refractivity contribution >= 4 is 15.9 Å². The highest BCUT2D eigenvalue weighted by Crippen LogP contribution is 2.25. The maximum atomic E-state index is 12.9. The van der Waals surface area contributed by atoms with E-state index < -0.39 is 0 Å². The number of aromatic nitrogens is 5. The van der Waals surface area contributed by atoms with E-state index in [-0.39, 0.29) is 5.56 Å². The Balaban J connectivity index is 1.52. The molecule has 0 saturated heterocycles. The maximum Gasteiger partial charge on any atom is 0.275 e. The molecule has 4 rings (SSSR count). The smallest absolute Gasteiger partial charge is 0.275 e. The fourth-order valence-corrected chi connectivity index (χ4v) is 3.52. The molecule has 0 atom stereocenters. The van der Waals surface area contributed by atoms with Gasteiger partial charge < -0.3 is 4.74 Å². The second kappa shape index (κ2) is 9.04. The van der Waals surface area contributed by atoms with Crippen LogP contribution in [0.5, 0.6) is 5.75 Å². The topological polar surface area (TPSA) is 74.8 Å². The highest BCUT2D eigenvalue weighted by molar-refractivity contribution is 9.10. The molecule has 2 aromatic heterocycles. The number of nitrogens with zero attached hydrogens (tertiary/aromatic N) is 5. The van der Waals surface area contributed by atoms with Crippen LogP contribution < -0.4 is 10.3 Å². The van der Waals surface area contributed by atoms with Crippen LogP contribution in [0.3, 0.4) is 0 Å². The third kappa shape index (κ3) is 4.65. The Hall–Kier alpha value is -3.26. The Morgan fingerprint density at radius 3 is 2.57 bits per heavy atom. The van der Waals surface area contributed by atoms with Gasteiger partial charge in [0.25, 0.3) is 5.56 Å². The van der Waals surface area contributed by atoms with Crippen LogP contribution in [0.2, 0.25) is 0 Å². The number of ether oxygens (including phenoxy) is 1. The summed E-state index contributed by atoms with van der Waals surface area (Å²) in [6.07, 6.45) is 2.85. The molecule has 0 amide bonds. The second-order valence-corrected chi connectivity index (χ2v) is 7.73. The Kier molecular flexibility index (Phi) is 6.04. The first-order valence-electron chi connectivity index (χ1n) is 9.53. The summed E-state index contributed by atoms with van der Waals surface area (Å²) in [6.45, 7) is 2.22. The van der Waals surface area contributed by atoms with E-state index in [1.54, 1.807) is 13.1 Å². The lowest BCUT2D eigenvalue weighted by Gasteiger charge is -2.13. The van der Waals surface area contributed by atoms with Crippen molar-refractivity contribution in [2.24, 2.45) is 0 Å². The summed E-state index contributed by atoms with van der Waals surface area (Å²) < 4.78 is 8.38. The lowest BCUT2D eigenvalue weighted by Crippen LogP contribution is -2.30. The number of tetrazole rings is 1. The van der Waals surface area contributed by atoms with Gasteiger partial charge in [-0.2, -0.15) is 4.68 Å². The van der Waals surface area contributed by atoms with Gasteiger partial charge in [-0.1, -0.05) is 57.2 Å². The SMILES string of the molecule is Cc1nnn(-n2cccc(CCc3cc(Br)ccc3OCc3ccccc3)c2=O)n1. The lowest BCUT2D eigenvalue weighted by molar-refractivity contribution is 0.303. The Morgan fingerprint density at radius 1 is 1.00 bits per heavy atom. The van der Waals surface area contributed by atoms with Crippen molar-refractivity contribution in [1.29, 1.82) is 0 Å². The molecule has 4 aromatic rings. The van der Waals surface area contributed by atoms with Crippen molar-refractivity contribution in [3.05, 3.63) is 104 Å². The van der Waals surface area contributed by atoms with Crippen LogP contribution in [-0.4, -0.2) is 25.0 Å². The molecule has 0 N–H and O–H groups in total. The molecule has 0 aliphatic heterocycles. The lowest BCUT2D eigenvalue weighted by atomic mass is 10.0. The number of halogens is 1. The molecule has 30 heavy (non-hydrogen) atoms. The van der Waals surface area contributed by atoms with Gasteiger partial charge >= 0.3 is 0 Å². The van der Waals surface area contributed by atoms with E-state index in [1.807, 2.05) is 60.7 Å². The highest BCUT2D eigenvalue weighted by Gasteiger charge is 2.10. The molecular formula is C22H20BrN5O2. The summed E-state index contributed by atoms with van der Waals surface area (Å²) in [7, 11) is 0. The summed E-state index contributed by atoms with van der Waals surface area (Å²) in [5.41, 5.74) is 2.64. The standard InChI is InChI=1S/C22H20BrN5O2/c1-16-24-26-28(25-16)27-13-5-8-18(22(27)29)9-10-19-14-20(23)11-12-21(19)30-15-17-6-3-2-4-7-17/h2-8,11-14H,9-10,15H2,1H3. The minimum atomic E-state index is -0.170. The first-order chi connectivity index (χ1) is 14.6. The minimum Gasteiger partial charge on any atom is -0.489 e. The van der Waals surface area contributed by atoms with E-state index in [4.69, 9.17) is 4.74 Å². The monoisotopic (exact) mass is 465 g/mol. The summed E-state index contributed by atoms with van der Waals surface area (Å²) in [5.74, 6) is 1.31. The van der Waals surface area contributed by atoms with Gasteiger partial charge in [0.15, 0.2) is 5.82 Å². The fraction of sp³-hybridized carbons (Fsp3) is 0.182. The van der Waals surface area contributed by atoms with E-state index in [0.717, 1.165) is 21.3 Å². The average molecular weight is 466 g/mol. The van der Waals surface area contributed by atoms with Crippen molar-refractivity contribution in [3.63, 3.8) is 0 Å². The van der Waals surface area contributed by atoms with Crippen molar-refractivity contribution in [2.75, 3.05) is 0 Å². The fourth-order valence-electron chi connectivity index (χ4n) is 3.11. The molecule has 0 fully saturated rings. The van der Waals surface area contributed by atoms with E-state index in [9.17, 15) is 4.79 Å². The zero-order chi connectivity index (χ0) is 20.9. The molecule has 0 unspecified atom stereocenters. The highest BCUT2D eigenvalue weighted by atomic mass is 79.9. The zero-order valence-electron chi connectivity index (χ0n) is 16.4.